The van der Waals surface area contributed by atoms with E-state index in [0.717, 1.165) is 18.3 Å². The Kier molecular flexibility index (Phi) is 9.34. The molecule has 0 aromatic carbocycles. The fourth-order valence-electron chi connectivity index (χ4n) is 2.60. The molecule has 0 saturated carbocycles. The molecule has 0 heterocycles. The van der Waals surface area contributed by atoms with Crippen molar-refractivity contribution in [3.8, 4) is 0 Å². The molecule has 15 heavy (non-hydrogen) atoms. The molecule has 0 spiro atoms. The molecule has 0 aliphatic carbocycles. The van der Waals surface area contributed by atoms with Crippen molar-refractivity contribution in [2.75, 3.05) is 0 Å². The molecule has 0 bridgehead atoms. The van der Waals surface area contributed by atoms with E-state index >= 15 is 0 Å². The summed E-state index contributed by atoms with van der Waals surface area (Å²) in [6, 6.07) is 0. The molecule has 0 N–H and O–H groups in total. The van der Waals surface area contributed by atoms with Crippen molar-refractivity contribution >= 4 is 6.71 Å². The molecule has 0 unspecified atom stereocenters. The van der Waals surface area contributed by atoms with E-state index in [2.05, 4.69) is 34.6 Å². The minimum Gasteiger partial charge on any atom is -0.0737 e. The molecule has 0 rings (SSSR count). The molecule has 0 amide bonds. The molecule has 0 fully saturated rings. The lowest BCUT2D eigenvalue weighted by Crippen LogP contribution is -2.20. The lowest BCUT2D eigenvalue weighted by atomic mass is 9.33. The molecule has 0 radical (unpaired) electrons. The standard InChI is InChI=1S/C14H31B/c1-6-7-8-9-10-11-12-15(13(2)3)14(4)5/h13-14H,6-12H2,1-5H3. The molecule has 0 atom stereocenters. The third-order valence-corrected chi connectivity index (χ3v) is 3.60. The van der Waals surface area contributed by atoms with Crippen LogP contribution in [0.5, 0.6) is 0 Å². The minimum atomic E-state index is 0.862. The predicted octanol–water partition coefficient (Wildman–Crippen LogP) is 5.66. The van der Waals surface area contributed by atoms with Gasteiger partial charge in [0.25, 0.3) is 0 Å². The molecular formula is C14H31B. The van der Waals surface area contributed by atoms with Gasteiger partial charge in [-0.05, 0) is 0 Å². The second-order valence-corrected chi connectivity index (χ2v) is 5.71. The smallest absolute Gasteiger partial charge is 0.0737 e. The average molecular weight is 210 g/mol. The van der Waals surface area contributed by atoms with Crippen LogP contribution in [-0.4, -0.2) is 6.71 Å². The molecule has 0 nitrogen and oxygen atoms in total. The molecule has 0 aliphatic rings. The number of unbranched alkanes of at least 4 members (excludes halogenated alkanes) is 5. The van der Waals surface area contributed by atoms with Gasteiger partial charge < -0.3 is 0 Å². The lowest BCUT2D eigenvalue weighted by molar-refractivity contribution is 0.621. The van der Waals surface area contributed by atoms with Crippen molar-refractivity contribution in [1.29, 1.82) is 0 Å². The Labute approximate surface area is 98.3 Å². The second kappa shape index (κ2) is 9.30. The van der Waals surface area contributed by atoms with Crippen LogP contribution in [0.25, 0.3) is 0 Å². The number of hydrogen-bond acceptors (Lipinski definition) is 0. The maximum atomic E-state index is 2.38. The van der Waals surface area contributed by atoms with Crippen molar-refractivity contribution in [2.24, 2.45) is 0 Å². The fourth-order valence-corrected chi connectivity index (χ4v) is 2.60. The van der Waals surface area contributed by atoms with Crippen LogP contribution in [0.1, 0.15) is 73.1 Å². The number of hydrogen-bond donors (Lipinski definition) is 0. The highest BCUT2D eigenvalue weighted by atomic mass is 14.0. The second-order valence-electron chi connectivity index (χ2n) is 5.71. The summed E-state index contributed by atoms with van der Waals surface area (Å²) in [7, 11) is 0. The SMILES string of the molecule is CCCCCCCCB(C(C)C)C(C)C. The molecular weight excluding hydrogens is 179 g/mol. The van der Waals surface area contributed by atoms with Gasteiger partial charge >= 0.3 is 0 Å². The monoisotopic (exact) mass is 210 g/mol. The molecule has 0 aromatic heterocycles. The van der Waals surface area contributed by atoms with Crippen LogP contribution in [0.2, 0.25) is 18.0 Å². The normalized spacial score (nSPS) is 11.4. The van der Waals surface area contributed by atoms with Gasteiger partial charge in [0.1, 0.15) is 6.71 Å². The highest BCUT2D eigenvalue weighted by Gasteiger charge is 2.20. The minimum absolute atomic E-state index is 0.862. The van der Waals surface area contributed by atoms with Crippen molar-refractivity contribution < 1.29 is 0 Å². The summed E-state index contributed by atoms with van der Waals surface area (Å²) in [5.41, 5.74) is 0. The summed E-state index contributed by atoms with van der Waals surface area (Å²) in [5, 5.41) is 0. The molecule has 0 saturated heterocycles. The van der Waals surface area contributed by atoms with Gasteiger partial charge in [0.15, 0.2) is 0 Å². The van der Waals surface area contributed by atoms with Crippen molar-refractivity contribution in [3.05, 3.63) is 0 Å². The topological polar surface area (TPSA) is 0 Å². The Morgan fingerprint density at radius 2 is 1.20 bits per heavy atom. The Bertz CT molecular complexity index is 121. The summed E-state index contributed by atoms with van der Waals surface area (Å²) >= 11 is 0. The van der Waals surface area contributed by atoms with Gasteiger partial charge in [-0.1, -0.05) is 91.1 Å². The first-order valence-electron chi connectivity index (χ1n) is 7.09. The van der Waals surface area contributed by atoms with Crippen LogP contribution in [0.4, 0.5) is 0 Å². The van der Waals surface area contributed by atoms with Crippen LogP contribution in [0.3, 0.4) is 0 Å². The largest absolute Gasteiger partial charge is 0.145 e. The summed E-state index contributed by atoms with van der Waals surface area (Å²) < 4.78 is 0. The zero-order valence-electron chi connectivity index (χ0n) is 11.7. The average Bonchev–Trinajstić information content (AvgIpc) is 2.15. The quantitative estimate of drug-likeness (QED) is 0.340. The molecule has 1 heteroatoms. The Hall–Kier alpha value is 0.0649. The first-order chi connectivity index (χ1) is 7.09. The van der Waals surface area contributed by atoms with E-state index in [4.69, 9.17) is 0 Å². The van der Waals surface area contributed by atoms with Gasteiger partial charge in [0.2, 0.25) is 0 Å². The summed E-state index contributed by atoms with van der Waals surface area (Å²) in [4.78, 5) is 0. The maximum Gasteiger partial charge on any atom is 0.145 e. The number of rotatable bonds is 9. The molecule has 90 valence electrons. The van der Waals surface area contributed by atoms with Crippen LogP contribution in [0.15, 0.2) is 0 Å². The van der Waals surface area contributed by atoms with Crippen molar-refractivity contribution in [2.45, 2.75) is 91.1 Å². The van der Waals surface area contributed by atoms with E-state index in [1.165, 1.54) is 44.8 Å². The molecule has 0 aliphatic heterocycles. The van der Waals surface area contributed by atoms with Gasteiger partial charge in [-0.25, -0.2) is 0 Å². The maximum absolute atomic E-state index is 2.38. The molecule has 0 aromatic rings. The van der Waals surface area contributed by atoms with E-state index in [1.807, 2.05) is 0 Å². The van der Waals surface area contributed by atoms with E-state index in [-0.39, 0.29) is 0 Å². The first kappa shape index (κ1) is 15.1. The zero-order chi connectivity index (χ0) is 11.7. The van der Waals surface area contributed by atoms with Gasteiger partial charge in [0, 0.05) is 0 Å². The predicted molar refractivity (Wildman–Crippen MR) is 74.1 cm³/mol. The Morgan fingerprint density at radius 1 is 0.733 bits per heavy atom. The van der Waals surface area contributed by atoms with E-state index in [0.29, 0.717) is 0 Å². The highest BCUT2D eigenvalue weighted by molar-refractivity contribution is 6.61. The van der Waals surface area contributed by atoms with E-state index in [1.54, 1.807) is 0 Å². The van der Waals surface area contributed by atoms with Gasteiger partial charge in [-0.3, -0.25) is 0 Å². The highest BCUT2D eigenvalue weighted by Crippen LogP contribution is 2.25. The fraction of sp³-hybridized carbons (Fsp3) is 1.00. The van der Waals surface area contributed by atoms with Crippen LogP contribution >= 0.6 is 0 Å². The van der Waals surface area contributed by atoms with Crippen molar-refractivity contribution in [3.63, 3.8) is 0 Å². The van der Waals surface area contributed by atoms with Gasteiger partial charge in [-0.2, -0.15) is 0 Å². The van der Waals surface area contributed by atoms with E-state index < -0.39 is 0 Å². The Morgan fingerprint density at radius 3 is 1.67 bits per heavy atom. The van der Waals surface area contributed by atoms with Crippen molar-refractivity contribution in [1.82, 2.24) is 0 Å². The Balaban J connectivity index is 3.46. The lowest BCUT2D eigenvalue weighted by Gasteiger charge is -2.21. The van der Waals surface area contributed by atoms with Gasteiger partial charge in [-0.15, -0.1) is 0 Å². The zero-order valence-corrected chi connectivity index (χ0v) is 11.7. The summed E-state index contributed by atoms with van der Waals surface area (Å²) in [5.74, 6) is 1.72. The summed E-state index contributed by atoms with van der Waals surface area (Å²) in [6.45, 7) is 12.7. The first-order valence-corrected chi connectivity index (χ1v) is 7.09. The van der Waals surface area contributed by atoms with Gasteiger partial charge in [0.05, 0.1) is 0 Å². The summed E-state index contributed by atoms with van der Waals surface area (Å²) in [6.07, 6.45) is 10.0. The third-order valence-electron chi connectivity index (χ3n) is 3.60. The van der Waals surface area contributed by atoms with Crippen LogP contribution in [0, 0.1) is 0 Å². The van der Waals surface area contributed by atoms with Crippen LogP contribution < -0.4 is 0 Å². The van der Waals surface area contributed by atoms with E-state index in [9.17, 15) is 0 Å². The third kappa shape index (κ3) is 7.93. The van der Waals surface area contributed by atoms with Crippen LogP contribution in [-0.2, 0) is 0 Å².